The number of rotatable bonds is 6. The normalized spacial score (nSPS) is 17.3. The maximum atomic E-state index is 14.1. The van der Waals surface area contributed by atoms with Crippen LogP contribution in [-0.2, 0) is 4.74 Å². The van der Waals surface area contributed by atoms with Crippen LogP contribution in [0.2, 0.25) is 0 Å². The van der Waals surface area contributed by atoms with Crippen molar-refractivity contribution >= 4 is 28.4 Å². The van der Waals surface area contributed by atoms with Gasteiger partial charge in [0.1, 0.15) is 12.0 Å². The number of fused-ring (bicyclic) bond motifs is 2. The number of hydrogen-bond donors (Lipinski definition) is 3. The van der Waals surface area contributed by atoms with Crippen LogP contribution in [0.5, 0.6) is 0 Å². The summed E-state index contributed by atoms with van der Waals surface area (Å²) < 4.78 is 48.1. The monoisotopic (exact) mass is 482 g/mol. The Kier molecular flexibility index (Phi) is 5.29. The van der Waals surface area contributed by atoms with Gasteiger partial charge in [-0.05, 0) is 24.1 Å². The van der Waals surface area contributed by atoms with Gasteiger partial charge in [-0.1, -0.05) is 12.1 Å². The molecule has 180 valence electrons. The molecule has 1 atom stereocenters. The molecule has 2 aliphatic rings. The molecule has 4 aromatic rings. The number of nitrogens with one attached hydrogen (secondary N) is 3. The molecule has 0 radical (unpaired) electrons. The van der Waals surface area contributed by atoms with Gasteiger partial charge < -0.3 is 20.7 Å². The molecule has 0 saturated carbocycles. The predicted molar refractivity (Wildman–Crippen MR) is 125 cm³/mol. The quantitative estimate of drug-likeness (QED) is 0.379. The van der Waals surface area contributed by atoms with Crippen LogP contribution in [-0.4, -0.2) is 50.1 Å². The molecule has 0 spiro atoms. The third-order valence-corrected chi connectivity index (χ3v) is 6.02. The third kappa shape index (κ3) is 3.95. The van der Waals surface area contributed by atoms with Gasteiger partial charge in [-0.15, -0.1) is 0 Å². The Hall–Kier alpha value is -4.06. The van der Waals surface area contributed by atoms with Gasteiger partial charge >= 0.3 is 6.55 Å². The molecule has 6 rings (SSSR count). The topological polar surface area (TPSA) is 93.3 Å². The Bertz CT molecular complexity index is 1430. The van der Waals surface area contributed by atoms with E-state index in [1.807, 2.05) is 16.7 Å². The van der Waals surface area contributed by atoms with E-state index in [2.05, 4.69) is 26.0 Å². The zero-order valence-corrected chi connectivity index (χ0v) is 18.4. The number of benzene rings is 1. The smallest absolute Gasteiger partial charge is 0.333 e. The molecule has 0 amide bonds. The molecule has 5 heterocycles. The van der Waals surface area contributed by atoms with E-state index in [1.165, 1.54) is 18.5 Å². The van der Waals surface area contributed by atoms with Gasteiger partial charge in [0.2, 0.25) is 0 Å². The number of nitrogens with zero attached hydrogens (tertiary/aromatic N) is 5. The summed E-state index contributed by atoms with van der Waals surface area (Å²) in [5.41, 5.74) is 4.52. The lowest BCUT2D eigenvalue weighted by atomic mass is 10.1. The van der Waals surface area contributed by atoms with Crippen LogP contribution in [0.25, 0.3) is 22.5 Å². The predicted octanol–water partition coefficient (Wildman–Crippen LogP) is 4.21. The fourth-order valence-electron chi connectivity index (χ4n) is 4.30. The molecule has 0 bridgehead atoms. The number of anilines is 3. The first-order chi connectivity index (χ1) is 17.1. The van der Waals surface area contributed by atoms with Gasteiger partial charge in [0, 0.05) is 18.0 Å². The highest BCUT2D eigenvalue weighted by molar-refractivity contribution is 5.76. The van der Waals surface area contributed by atoms with Crippen molar-refractivity contribution < 1.29 is 17.9 Å². The molecular formula is C23H21F3N8O. The Morgan fingerprint density at radius 3 is 2.89 bits per heavy atom. The molecule has 3 N–H and O–H groups in total. The molecule has 9 nitrogen and oxygen atoms in total. The zero-order chi connectivity index (χ0) is 23.9. The van der Waals surface area contributed by atoms with Crippen LogP contribution >= 0.6 is 0 Å². The fraction of sp³-hybridized carbons (Fsp3) is 0.261. The lowest BCUT2D eigenvalue weighted by Gasteiger charge is -2.17. The minimum atomic E-state index is -2.73. The minimum Gasteiger partial charge on any atom is -0.377 e. The highest BCUT2D eigenvalue weighted by Gasteiger charge is 2.23. The summed E-state index contributed by atoms with van der Waals surface area (Å²) in [5, 5.41) is 13.4. The molecule has 1 unspecified atom stereocenters. The maximum Gasteiger partial charge on any atom is 0.333 e. The molecular weight excluding hydrogens is 461 g/mol. The van der Waals surface area contributed by atoms with Crippen molar-refractivity contribution in [2.24, 2.45) is 0 Å². The van der Waals surface area contributed by atoms with Crippen LogP contribution < -0.4 is 16.0 Å². The van der Waals surface area contributed by atoms with Crippen LogP contribution in [0.4, 0.5) is 30.4 Å². The Morgan fingerprint density at radius 1 is 1.20 bits per heavy atom. The molecule has 3 aromatic heterocycles. The zero-order valence-electron chi connectivity index (χ0n) is 18.4. The largest absolute Gasteiger partial charge is 0.377 e. The van der Waals surface area contributed by atoms with Gasteiger partial charge in [-0.25, -0.2) is 19.0 Å². The lowest BCUT2D eigenvalue weighted by Crippen LogP contribution is -2.31. The summed E-state index contributed by atoms with van der Waals surface area (Å²) in [6.45, 7) is -1.26. The second kappa shape index (κ2) is 8.62. The summed E-state index contributed by atoms with van der Waals surface area (Å²) in [4.78, 5) is 9.31. The summed E-state index contributed by atoms with van der Waals surface area (Å²) >= 11 is 0. The van der Waals surface area contributed by atoms with Crippen molar-refractivity contribution in [1.29, 1.82) is 0 Å². The van der Waals surface area contributed by atoms with E-state index in [4.69, 9.17) is 9.72 Å². The fourth-order valence-corrected chi connectivity index (χ4v) is 4.30. The van der Waals surface area contributed by atoms with Crippen molar-refractivity contribution in [3.8, 4) is 11.3 Å². The first-order valence-corrected chi connectivity index (χ1v) is 11.1. The highest BCUT2D eigenvalue weighted by atomic mass is 19.3. The van der Waals surface area contributed by atoms with Crippen molar-refractivity contribution in [2.45, 2.75) is 19.1 Å². The van der Waals surface area contributed by atoms with Gasteiger partial charge in [-0.3, -0.25) is 4.40 Å². The van der Waals surface area contributed by atoms with Crippen molar-refractivity contribution in [2.75, 3.05) is 35.7 Å². The maximum absolute atomic E-state index is 14.1. The van der Waals surface area contributed by atoms with Gasteiger partial charge in [-0.2, -0.15) is 13.9 Å². The number of para-hydroxylation sites is 1. The first-order valence-electron chi connectivity index (χ1n) is 11.1. The van der Waals surface area contributed by atoms with Crippen molar-refractivity contribution in [3.63, 3.8) is 0 Å². The van der Waals surface area contributed by atoms with Gasteiger partial charge in [0.15, 0.2) is 11.5 Å². The first kappa shape index (κ1) is 21.5. The average molecular weight is 482 g/mol. The Morgan fingerprint density at radius 2 is 2.11 bits per heavy atom. The van der Waals surface area contributed by atoms with Crippen molar-refractivity contribution in [3.05, 3.63) is 60.6 Å². The molecule has 0 saturated heterocycles. The second-order valence-corrected chi connectivity index (χ2v) is 8.24. The van der Waals surface area contributed by atoms with Crippen LogP contribution in [0, 0.1) is 5.82 Å². The Balaban J connectivity index is 1.35. The van der Waals surface area contributed by atoms with Crippen LogP contribution in [0.15, 0.2) is 49.1 Å². The minimum absolute atomic E-state index is 0.270. The Labute approximate surface area is 197 Å². The molecule has 12 heteroatoms. The van der Waals surface area contributed by atoms with Crippen molar-refractivity contribution in [1.82, 2.24) is 24.1 Å². The molecule has 2 aliphatic heterocycles. The van der Waals surface area contributed by atoms with E-state index in [9.17, 15) is 13.2 Å². The molecule has 1 aromatic carbocycles. The third-order valence-electron chi connectivity index (χ3n) is 6.02. The number of halogens is 3. The standard InChI is InChI=1S/C23H21F3N8O/c24-15-2-1-3-16-20(15)32-19(30-16)10-27-21-22-28-9-18(14-8-29-34(11-14)23(25)26)33(22)12-17(31-21)13-4-6-35-7-5-13/h1-4,8-9,11-12,19,23,30,32H,5-7,10H2,(H,27,31). The number of aromatic nitrogens is 5. The second-order valence-electron chi connectivity index (χ2n) is 8.24. The van der Waals surface area contributed by atoms with Crippen LogP contribution in [0.3, 0.4) is 0 Å². The van der Waals surface area contributed by atoms with E-state index < -0.39 is 6.55 Å². The molecule has 0 aliphatic carbocycles. The van der Waals surface area contributed by atoms with E-state index >= 15 is 0 Å². The highest BCUT2D eigenvalue weighted by Crippen LogP contribution is 2.32. The number of hydrogen-bond acceptors (Lipinski definition) is 7. The van der Waals surface area contributed by atoms with E-state index in [1.54, 1.807) is 18.3 Å². The van der Waals surface area contributed by atoms with E-state index in [-0.39, 0.29) is 12.0 Å². The van der Waals surface area contributed by atoms with Crippen LogP contribution in [0.1, 0.15) is 18.7 Å². The average Bonchev–Trinajstić information content (AvgIpc) is 3.61. The van der Waals surface area contributed by atoms with Gasteiger partial charge in [0.05, 0.1) is 54.9 Å². The van der Waals surface area contributed by atoms with E-state index in [0.717, 1.165) is 11.3 Å². The summed E-state index contributed by atoms with van der Waals surface area (Å²) in [6, 6.07) is 4.86. The molecule has 0 fully saturated rings. The summed E-state index contributed by atoms with van der Waals surface area (Å²) in [7, 11) is 0. The number of imidazole rings is 1. The van der Waals surface area contributed by atoms with E-state index in [0.29, 0.717) is 65.0 Å². The molecule has 35 heavy (non-hydrogen) atoms. The number of alkyl halides is 2. The SMILES string of the molecule is Fc1cccc2c1NC(CNc1nc(C3=CCOCC3)cn3c(-c4cnn(C(F)F)c4)cnc13)N2. The summed E-state index contributed by atoms with van der Waals surface area (Å²) in [6.07, 6.45) is 8.53. The lowest BCUT2D eigenvalue weighted by molar-refractivity contribution is 0.0566. The number of ether oxygens (including phenoxy) is 1. The summed E-state index contributed by atoms with van der Waals surface area (Å²) in [5.74, 6) is 0.191. The van der Waals surface area contributed by atoms with Gasteiger partial charge in [0.25, 0.3) is 0 Å².